The fraction of sp³-hybridized carbons (Fsp3) is 0.200. The number of para-hydroxylation sites is 1. The van der Waals surface area contributed by atoms with E-state index in [1.807, 2.05) is 38.1 Å². The Morgan fingerprint density at radius 1 is 1.09 bits per heavy atom. The van der Waals surface area contributed by atoms with Gasteiger partial charge in [0.15, 0.2) is 23.1 Å². The zero-order valence-corrected chi connectivity index (χ0v) is 18.8. The number of nitrogens with zero attached hydrogens (tertiary/aromatic N) is 4. The number of methoxy groups -OCH3 is 2. The van der Waals surface area contributed by atoms with Crippen LogP contribution in [-0.2, 0) is 11.2 Å². The molecule has 2 aromatic heterocycles. The summed E-state index contributed by atoms with van der Waals surface area (Å²) in [5.74, 6) is 1.63. The van der Waals surface area contributed by atoms with Crippen molar-refractivity contribution >= 4 is 22.6 Å². The molecule has 0 atom stereocenters. The van der Waals surface area contributed by atoms with Crippen molar-refractivity contribution in [2.75, 3.05) is 19.5 Å². The van der Waals surface area contributed by atoms with E-state index in [0.29, 0.717) is 17.3 Å². The lowest BCUT2D eigenvalue weighted by Crippen LogP contribution is -2.18. The van der Waals surface area contributed by atoms with E-state index in [1.165, 1.54) is 10.9 Å². The van der Waals surface area contributed by atoms with Crippen LogP contribution in [0.5, 0.6) is 11.5 Å². The van der Waals surface area contributed by atoms with E-state index in [4.69, 9.17) is 14.5 Å². The standard InChI is InChI=1S/C25H23N5O3/c1-15-6-5-7-19-16(2)10-22(28-24(15)19)30-25(18(13-26)14-27-30)29-23(31)12-17-8-9-20(32-3)21(11-17)33-4/h5-11,14H,12H2,1-4H3,(H,29,31). The highest BCUT2D eigenvalue weighted by Gasteiger charge is 2.18. The van der Waals surface area contributed by atoms with Crippen LogP contribution in [0.3, 0.4) is 0 Å². The van der Waals surface area contributed by atoms with Gasteiger partial charge in [0.2, 0.25) is 5.91 Å². The van der Waals surface area contributed by atoms with Crippen LogP contribution in [0.1, 0.15) is 22.3 Å². The Bertz CT molecular complexity index is 1400. The number of amides is 1. The highest BCUT2D eigenvalue weighted by molar-refractivity contribution is 5.93. The van der Waals surface area contributed by atoms with Gasteiger partial charge in [-0.3, -0.25) is 4.79 Å². The van der Waals surface area contributed by atoms with Crippen molar-refractivity contribution in [3.05, 3.63) is 70.9 Å². The van der Waals surface area contributed by atoms with Gasteiger partial charge >= 0.3 is 0 Å². The number of nitrogens with one attached hydrogen (secondary N) is 1. The predicted molar refractivity (Wildman–Crippen MR) is 125 cm³/mol. The summed E-state index contributed by atoms with van der Waals surface area (Å²) in [4.78, 5) is 17.6. The summed E-state index contributed by atoms with van der Waals surface area (Å²) in [6, 6.07) is 15.3. The average molecular weight is 441 g/mol. The normalized spacial score (nSPS) is 10.6. The van der Waals surface area contributed by atoms with Crippen LogP contribution in [-0.4, -0.2) is 34.9 Å². The van der Waals surface area contributed by atoms with Crippen LogP contribution in [0.4, 0.5) is 5.82 Å². The van der Waals surface area contributed by atoms with Crippen LogP contribution < -0.4 is 14.8 Å². The van der Waals surface area contributed by atoms with Gasteiger partial charge in [-0.1, -0.05) is 24.3 Å². The lowest BCUT2D eigenvalue weighted by atomic mass is 10.1. The quantitative estimate of drug-likeness (QED) is 0.483. The minimum Gasteiger partial charge on any atom is -0.493 e. The Kier molecular flexibility index (Phi) is 5.96. The molecule has 2 aromatic carbocycles. The molecule has 166 valence electrons. The Balaban J connectivity index is 1.67. The van der Waals surface area contributed by atoms with Gasteiger partial charge in [-0.25, -0.2) is 4.98 Å². The average Bonchev–Trinajstić information content (AvgIpc) is 3.21. The molecule has 1 amide bonds. The van der Waals surface area contributed by atoms with Crippen LogP contribution in [0.2, 0.25) is 0 Å². The van der Waals surface area contributed by atoms with E-state index in [2.05, 4.69) is 16.5 Å². The molecule has 0 bridgehead atoms. The molecule has 0 fully saturated rings. The van der Waals surface area contributed by atoms with Crippen LogP contribution in [0, 0.1) is 25.2 Å². The molecule has 2 heterocycles. The van der Waals surface area contributed by atoms with Crippen LogP contribution in [0.25, 0.3) is 16.7 Å². The van der Waals surface area contributed by atoms with Gasteiger partial charge in [0, 0.05) is 5.39 Å². The first-order chi connectivity index (χ1) is 15.9. The fourth-order valence-corrected chi connectivity index (χ4v) is 3.73. The summed E-state index contributed by atoms with van der Waals surface area (Å²) in [7, 11) is 3.10. The Hall–Kier alpha value is -4.38. The maximum atomic E-state index is 12.9. The first-order valence-corrected chi connectivity index (χ1v) is 10.3. The van der Waals surface area contributed by atoms with Crippen molar-refractivity contribution in [1.82, 2.24) is 14.8 Å². The maximum Gasteiger partial charge on any atom is 0.229 e. The van der Waals surface area contributed by atoms with E-state index in [1.54, 1.807) is 32.4 Å². The van der Waals surface area contributed by atoms with Gasteiger partial charge < -0.3 is 14.8 Å². The number of aryl methyl sites for hydroxylation is 2. The van der Waals surface area contributed by atoms with Gasteiger partial charge in [0.1, 0.15) is 11.6 Å². The minimum atomic E-state index is -0.297. The van der Waals surface area contributed by atoms with Crippen molar-refractivity contribution in [3.63, 3.8) is 0 Å². The number of carbonyl (C=O) groups is 1. The molecular formula is C25H23N5O3. The Morgan fingerprint density at radius 3 is 2.61 bits per heavy atom. The van der Waals surface area contributed by atoms with Crippen molar-refractivity contribution < 1.29 is 14.3 Å². The van der Waals surface area contributed by atoms with E-state index in [9.17, 15) is 10.1 Å². The lowest BCUT2D eigenvalue weighted by Gasteiger charge is -2.13. The molecule has 0 spiro atoms. The number of aromatic nitrogens is 3. The molecule has 0 aliphatic rings. The Morgan fingerprint density at radius 2 is 1.88 bits per heavy atom. The van der Waals surface area contributed by atoms with E-state index < -0.39 is 0 Å². The lowest BCUT2D eigenvalue weighted by molar-refractivity contribution is -0.115. The van der Waals surface area contributed by atoms with E-state index in [-0.39, 0.29) is 23.7 Å². The SMILES string of the molecule is COc1ccc(CC(=O)Nc2c(C#N)cnn2-c2cc(C)c3cccc(C)c3n2)cc1OC. The Labute approximate surface area is 191 Å². The number of hydrogen-bond acceptors (Lipinski definition) is 6. The van der Waals surface area contributed by atoms with Crippen LogP contribution >= 0.6 is 0 Å². The van der Waals surface area contributed by atoms with Gasteiger partial charge in [0.05, 0.1) is 32.4 Å². The number of ether oxygens (including phenoxy) is 2. The molecule has 0 saturated heterocycles. The van der Waals surface area contributed by atoms with Crippen molar-refractivity contribution in [2.24, 2.45) is 0 Å². The molecule has 33 heavy (non-hydrogen) atoms. The monoisotopic (exact) mass is 441 g/mol. The number of benzene rings is 2. The molecule has 0 aliphatic carbocycles. The van der Waals surface area contributed by atoms with E-state index >= 15 is 0 Å². The third-order valence-electron chi connectivity index (χ3n) is 5.41. The predicted octanol–water partition coefficient (Wildman–Crippen LogP) is 4.11. The van der Waals surface area contributed by atoms with Crippen molar-refractivity contribution in [2.45, 2.75) is 20.3 Å². The number of rotatable bonds is 6. The number of nitriles is 1. The summed E-state index contributed by atoms with van der Waals surface area (Å²) in [5, 5.41) is 17.8. The molecule has 0 unspecified atom stereocenters. The number of fused-ring (bicyclic) bond motifs is 1. The summed E-state index contributed by atoms with van der Waals surface area (Å²) in [5.41, 5.74) is 3.90. The third kappa shape index (κ3) is 4.21. The summed E-state index contributed by atoms with van der Waals surface area (Å²) >= 11 is 0. The second kappa shape index (κ2) is 9.01. The molecule has 8 nitrogen and oxygen atoms in total. The zero-order chi connectivity index (χ0) is 23.5. The highest BCUT2D eigenvalue weighted by Crippen LogP contribution is 2.28. The van der Waals surface area contributed by atoms with Crippen LogP contribution in [0.15, 0.2) is 48.7 Å². The summed E-state index contributed by atoms with van der Waals surface area (Å²) < 4.78 is 12.0. The van der Waals surface area contributed by atoms with Crippen molar-refractivity contribution in [1.29, 1.82) is 5.26 Å². The summed E-state index contributed by atoms with van der Waals surface area (Å²) in [6.07, 6.45) is 1.50. The molecule has 4 rings (SSSR count). The molecule has 0 aliphatic heterocycles. The minimum absolute atomic E-state index is 0.0830. The topological polar surface area (TPSA) is 102 Å². The molecular weight excluding hydrogens is 418 g/mol. The van der Waals surface area contributed by atoms with Gasteiger partial charge in [-0.2, -0.15) is 15.0 Å². The first-order valence-electron chi connectivity index (χ1n) is 10.3. The number of hydrogen-bond donors (Lipinski definition) is 1. The third-order valence-corrected chi connectivity index (χ3v) is 5.41. The molecule has 4 aromatic rings. The van der Waals surface area contributed by atoms with Crippen molar-refractivity contribution in [3.8, 4) is 23.4 Å². The largest absolute Gasteiger partial charge is 0.493 e. The number of anilines is 1. The second-order valence-corrected chi connectivity index (χ2v) is 7.61. The zero-order valence-electron chi connectivity index (χ0n) is 18.8. The number of carbonyl (C=O) groups excluding carboxylic acids is 1. The summed E-state index contributed by atoms with van der Waals surface area (Å²) in [6.45, 7) is 3.99. The molecule has 0 saturated carbocycles. The highest BCUT2D eigenvalue weighted by atomic mass is 16.5. The maximum absolute atomic E-state index is 12.9. The van der Waals surface area contributed by atoms with Gasteiger partial charge in [0.25, 0.3) is 0 Å². The first kappa shape index (κ1) is 21.8. The smallest absolute Gasteiger partial charge is 0.229 e. The van der Waals surface area contributed by atoms with Gasteiger partial charge in [-0.05, 0) is 48.7 Å². The fourth-order valence-electron chi connectivity index (χ4n) is 3.73. The molecule has 1 N–H and O–H groups in total. The second-order valence-electron chi connectivity index (χ2n) is 7.61. The van der Waals surface area contributed by atoms with Gasteiger partial charge in [-0.15, -0.1) is 0 Å². The van der Waals surface area contributed by atoms with E-state index in [0.717, 1.165) is 27.6 Å². The number of pyridine rings is 1. The molecule has 0 radical (unpaired) electrons. The molecule has 8 heteroatoms.